The standard InChI is InChI=1S/C16H25N5/c1-12(14-7-10-20(3)11-8-14)17-13(2)16-19-18-15-6-4-5-9-21(15)16/h4-6,9,12-14,17H,7-8,10-11H2,1-3H3. The Morgan fingerprint density at radius 3 is 2.71 bits per heavy atom. The first-order valence-electron chi connectivity index (χ1n) is 7.89. The Bertz CT molecular complexity index is 585. The lowest BCUT2D eigenvalue weighted by atomic mass is 9.90. The summed E-state index contributed by atoms with van der Waals surface area (Å²) in [7, 11) is 2.21. The first kappa shape index (κ1) is 14.5. The van der Waals surface area contributed by atoms with Crippen LogP contribution in [0.5, 0.6) is 0 Å². The maximum absolute atomic E-state index is 4.35. The van der Waals surface area contributed by atoms with Crippen molar-refractivity contribution in [3.63, 3.8) is 0 Å². The van der Waals surface area contributed by atoms with Crippen molar-refractivity contribution in [3.8, 4) is 0 Å². The van der Waals surface area contributed by atoms with Crippen molar-refractivity contribution >= 4 is 5.65 Å². The zero-order valence-electron chi connectivity index (χ0n) is 13.2. The van der Waals surface area contributed by atoms with Crippen LogP contribution in [0, 0.1) is 5.92 Å². The minimum Gasteiger partial charge on any atom is -0.306 e. The molecular weight excluding hydrogens is 262 g/mol. The molecule has 114 valence electrons. The van der Waals surface area contributed by atoms with Crippen LogP contribution < -0.4 is 5.32 Å². The van der Waals surface area contributed by atoms with Crippen LogP contribution in [0.3, 0.4) is 0 Å². The first-order valence-corrected chi connectivity index (χ1v) is 7.89. The minimum absolute atomic E-state index is 0.206. The van der Waals surface area contributed by atoms with E-state index in [9.17, 15) is 0 Å². The summed E-state index contributed by atoms with van der Waals surface area (Å²) in [4.78, 5) is 2.42. The molecule has 1 N–H and O–H groups in total. The molecule has 0 radical (unpaired) electrons. The number of aromatic nitrogens is 3. The summed E-state index contributed by atoms with van der Waals surface area (Å²) in [5.74, 6) is 1.74. The molecule has 21 heavy (non-hydrogen) atoms. The van der Waals surface area contributed by atoms with E-state index < -0.39 is 0 Å². The Kier molecular flexibility index (Phi) is 4.22. The molecular formula is C16H25N5. The van der Waals surface area contributed by atoms with Gasteiger partial charge in [0.2, 0.25) is 0 Å². The second-order valence-corrected chi connectivity index (χ2v) is 6.30. The Balaban J connectivity index is 1.67. The number of nitrogens with one attached hydrogen (secondary N) is 1. The number of pyridine rings is 1. The Labute approximate surface area is 126 Å². The number of fused-ring (bicyclic) bond motifs is 1. The minimum atomic E-state index is 0.206. The van der Waals surface area contributed by atoms with E-state index in [-0.39, 0.29) is 6.04 Å². The topological polar surface area (TPSA) is 45.5 Å². The van der Waals surface area contributed by atoms with Gasteiger partial charge in [0.05, 0.1) is 6.04 Å². The van der Waals surface area contributed by atoms with Crippen LogP contribution in [-0.2, 0) is 0 Å². The molecule has 1 aliphatic heterocycles. The summed E-state index contributed by atoms with van der Waals surface area (Å²) in [6, 6.07) is 6.71. The van der Waals surface area contributed by atoms with Crippen molar-refractivity contribution in [2.75, 3.05) is 20.1 Å². The normalized spacial score (nSPS) is 20.7. The lowest BCUT2D eigenvalue weighted by molar-refractivity contribution is 0.184. The van der Waals surface area contributed by atoms with Crippen LogP contribution in [0.4, 0.5) is 0 Å². The van der Waals surface area contributed by atoms with Crippen molar-refractivity contribution in [2.24, 2.45) is 5.92 Å². The van der Waals surface area contributed by atoms with Crippen molar-refractivity contribution in [1.82, 2.24) is 24.8 Å². The highest BCUT2D eigenvalue weighted by Gasteiger charge is 2.24. The van der Waals surface area contributed by atoms with E-state index in [1.165, 1.54) is 25.9 Å². The summed E-state index contributed by atoms with van der Waals surface area (Å²) in [6.45, 7) is 6.89. The number of nitrogens with zero attached hydrogens (tertiary/aromatic N) is 4. The van der Waals surface area contributed by atoms with E-state index in [0.29, 0.717) is 6.04 Å². The predicted molar refractivity (Wildman–Crippen MR) is 84.2 cm³/mol. The quantitative estimate of drug-likeness (QED) is 0.935. The van der Waals surface area contributed by atoms with Gasteiger partial charge in [0, 0.05) is 12.2 Å². The van der Waals surface area contributed by atoms with E-state index in [2.05, 4.69) is 45.7 Å². The highest BCUT2D eigenvalue weighted by atomic mass is 15.3. The molecule has 2 atom stereocenters. The summed E-state index contributed by atoms with van der Waals surface area (Å²) in [5.41, 5.74) is 0.910. The molecule has 0 amide bonds. The summed E-state index contributed by atoms with van der Waals surface area (Å²) >= 11 is 0. The third kappa shape index (κ3) is 3.09. The smallest absolute Gasteiger partial charge is 0.160 e. The van der Waals surface area contributed by atoms with Crippen LogP contribution in [-0.4, -0.2) is 45.7 Å². The maximum Gasteiger partial charge on any atom is 0.160 e. The predicted octanol–water partition coefficient (Wildman–Crippen LogP) is 2.11. The molecule has 2 aromatic heterocycles. The van der Waals surface area contributed by atoms with Crippen LogP contribution >= 0.6 is 0 Å². The molecule has 0 saturated carbocycles. The average Bonchev–Trinajstić information content (AvgIpc) is 2.92. The van der Waals surface area contributed by atoms with Crippen LogP contribution in [0.15, 0.2) is 24.4 Å². The highest BCUT2D eigenvalue weighted by molar-refractivity contribution is 5.37. The van der Waals surface area contributed by atoms with Crippen LogP contribution in [0.25, 0.3) is 5.65 Å². The zero-order chi connectivity index (χ0) is 14.8. The molecule has 3 rings (SSSR count). The Morgan fingerprint density at radius 2 is 1.95 bits per heavy atom. The SMILES string of the molecule is CC(NC(C)C1CCN(C)CC1)c1nnc2ccccn12. The Hall–Kier alpha value is -1.46. The van der Waals surface area contributed by atoms with Gasteiger partial charge >= 0.3 is 0 Å². The molecule has 0 spiro atoms. The summed E-state index contributed by atoms with van der Waals surface area (Å²) in [6.07, 6.45) is 4.58. The molecule has 2 unspecified atom stereocenters. The molecule has 5 nitrogen and oxygen atoms in total. The molecule has 1 saturated heterocycles. The molecule has 5 heteroatoms. The number of piperidine rings is 1. The first-order chi connectivity index (χ1) is 10.1. The van der Waals surface area contributed by atoms with Gasteiger partial charge in [0.15, 0.2) is 11.5 Å². The van der Waals surface area contributed by atoms with E-state index in [1.807, 2.05) is 24.4 Å². The Morgan fingerprint density at radius 1 is 1.19 bits per heavy atom. The van der Waals surface area contributed by atoms with Crippen LogP contribution in [0.2, 0.25) is 0 Å². The second-order valence-electron chi connectivity index (χ2n) is 6.30. The van der Waals surface area contributed by atoms with Gasteiger partial charge in [0.25, 0.3) is 0 Å². The van der Waals surface area contributed by atoms with Gasteiger partial charge < -0.3 is 10.2 Å². The third-order valence-electron chi connectivity index (χ3n) is 4.71. The lowest BCUT2D eigenvalue weighted by Crippen LogP contribution is -2.41. The van der Waals surface area contributed by atoms with Gasteiger partial charge in [-0.05, 0) is 64.9 Å². The molecule has 2 aromatic rings. The molecule has 1 fully saturated rings. The average molecular weight is 287 g/mol. The number of likely N-dealkylation sites (tertiary alicyclic amines) is 1. The van der Waals surface area contributed by atoms with Crippen molar-refractivity contribution < 1.29 is 0 Å². The van der Waals surface area contributed by atoms with E-state index in [1.54, 1.807) is 0 Å². The summed E-state index contributed by atoms with van der Waals surface area (Å²) in [5, 5.41) is 12.3. The third-order valence-corrected chi connectivity index (χ3v) is 4.71. The van der Waals surface area contributed by atoms with E-state index in [4.69, 9.17) is 0 Å². The molecule has 0 aliphatic carbocycles. The zero-order valence-corrected chi connectivity index (χ0v) is 13.2. The summed E-state index contributed by atoms with van der Waals surface area (Å²) < 4.78 is 2.07. The van der Waals surface area contributed by atoms with Crippen molar-refractivity contribution in [3.05, 3.63) is 30.2 Å². The van der Waals surface area contributed by atoms with Gasteiger partial charge in [0.1, 0.15) is 0 Å². The van der Waals surface area contributed by atoms with Gasteiger partial charge in [-0.15, -0.1) is 10.2 Å². The van der Waals surface area contributed by atoms with Crippen molar-refractivity contribution in [1.29, 1.82) is 0 Å². The molecule has 0 bridgehead atoms. The molecule has 3 heterocycles. The maximum atomic E-state index is 4.35. The second kappa shape index (κ2) is 6.12. The lowest BCUT2D eigenvalue weighted by Gasteiger charge is -2.34. The molecule has 0 aromatic carbocycles. The van der Waals surface area contributed by atoms with Crippen molar-refractivity contribution in [2.45, 2.75) is 38.8 Å². The fourth-order valence-corrected chi connectivity index (χ4v) is 3.29. The van der Waals surface area contributed by atoms with Gasteiger partial charge in [-0.1, -0.05) is 6.07 Å². The fourth-order valence-electron chi connectivity index (χ4n) is 3.29. The monoisotopic (exact) mass is 287 g/mol. The van der Waals surface area contributed by atoms with Gasteiger partial charge in [-0.2, -0.15) is 0 Å². The number of rotatable bonds is 4. The largest absolute Gasteiger partial charge is 0.306 e. The van der Waals surface area contributed by atoms with E-state index in [0.717, 1.165) is 17.4 Å². The highest BCUT2D eigenvalue weighted by Crippen LogP contribution is 2.22. The van der Waals surface area contributed by atoms with Crippen LogP contribution in [0.1, 0.15) is 38.6 Å². The number of hydrogen-bond acceptors (Lipinski definition) is 4. The number of hydrogen-bond donors (Lipinski definition) is 1. The van der Waals surface area contributed by atoms with Gasteiger partial charge in [-0.3, -0.25) is 4.40 Å². The fraction of sp³-hybridized carbons (Fsp3) is 0.625. The van der Waals surface area contributed by atoms with Gasteiger partial charge in [-0.25, -0.2) is 0 Å². The molecule has 1 aliphatic rings. The van der Waals surface area contributed by atoms with E-state index >= 15 is 0 Å².